The lowest BCUT2D eigenvalue weighted by molar-refractivity contribution is -0.0611. The zero-order chi connectivity index (χ0) is 14.7. The van der Waals surface area contributed by atoms with Crippen LogP contribution in [0, 0.1) is 0 Å². The highest BCUT2D eigenvalue weighted by atomic mass is 79.9. The average molecular weight is 354 g/mol. The Morgan fingerprint density at radius 1 is 1.29 bits per heavy atom. The number of aliphatic hydroxyl groups is 1. The first-order chi connectivity index (χ1) is 10.1. The zero-order valence-corrected chi connectivity index (χ0v) is 13.5. The molecule has 0 unspecified atom stereocenters. The van der Waals surface area contributed by atoms with Crippen LogP contribution in [-0.4, -0.2) is 43.6 Å². The normalized spacial score (nSPS) is 20.4. The van der Waals surface area contributed by atoms with E-state index in [1.165, 1.54) is 5.57 Å². The van der Waals surface area contributed by atoms with Gasteiger partial charge in [0.15, 0.2) is 0 Å². The molecule has 2 aliphatic rings. The molecule has 21 heavy (non-hydrogen) atoms. The Balaban J connectivity index is 1.56. The van der Waals surface area contributed by atoms with E-state index < -0.39 is 5.60 Å². The van der Waals surface area contributed by atoms with Gasteiger partial charge in [-0.05, 0) is 29.8 Å². The van der Waals surface area contributed by atoms with Gasteiger partial charge in [0, 0.05) is 49.2 Å². The largest absolute Gasteiger partial charge is 0.489 e. The number of nitrogens with one attached hydrogen (secondary N) is 1. The standard InChI is InChI=1S/C16H20BrNO3/c17-14-1-2-15-13(8-14)7-12(10-21-15)9-18-11-16(19)3-5-20-6-4-16/h1-2,7-8,18-19H,3-6,9-11H2. The van der Waals surface area contributed by atoms with Crippen LogP contribution in [0.1, 0.15) is 18.4 Å². The fourth-order valence-corrected chi connectivity index (χ4v) is 3.06. The summed E-state index contributed by atoms with van der Waals surface area (Å²) in [5.74, 6) is 0.921. The Labute approximate surface area is 133 Å². The lowest BCUT2D eigenvalue weighted by Gasteiger charge is -2.32. The van der Waals surface area contributed by atoms with Crippen LogP contribution >= 0.6 is 15.9 Å². The van der Waals surface area contributed by atoms with Crippen molar-refractivity contribution < 1.29 is 14.6 Å². The monoisotopic (exact) mass is 353 g/mol. The fourth-order valence-electron chi connectivity index (χ4n) is 2.68. The minimum absolute atomic E-state index is 0.596. The maximum absolute atomic E-state index is 10.4. The van der Waals surface area contributed by atoms with Gasteiger partial charge in [0.05, 0.1) is 5.60 Å². The van der Waals surface area contributed by atoms with Crippen LogP contribution in [0.3, 0.4) is 0 Å². The minimum atomic E-state index is -0.630. The van der Waals surface area contributed by atoms with E-state index in [4.69, 9.17) is 9.47 Å². The van der Waals surface area contributed by atoms with Gasteiger partial charge in [-0.1, -0.05) is 15.9 Å². The highest BCUT2D eigenvalue weighted by Gasteiger charge is 2.29. The number of hydrogen-bond acceptors (Lipinski definition) is 4. The maximum Gasteiger partial charge on any atom is 0.127 e. The van der Waals surface area contributed by atoms with Gasteiger partial charge in [-0.3, -0.25) is 0 Å². The number of benzene rings is 1. The van der Waals surface area contributed by atoms with Crippen molar-refractivity contribution in [2.45, 2.75) is 18.4 Å². The summed E-state index contributed by atoms with van der Waals surface area (Å²) >= 11 is 3.48. The molecule has 1 aromatic carbocycles. The summed E-state index contributed by atoms with van der Waals surface area (Å²) in [7, 11) is 0. The SMILES string of the molecule is OC1(CNCC2=Cc3cc(Br)ccc3OC2)CCOCC1. The van der Waals surface area contributed by atoms with Crippen LogP contribution in [0.25, 0.3) is 6.08 Å². The van der Waals surface area contributed by atoms with Crippen LogP contribution < -0.4 is 10.1 Å². The molecule has 0 spiro atoms. The van der Waals surface area contributed by atoms with Gasteiger partial charge in [-0.15, -0.1) is 0 Å². The Kier molecular flexibility index (Phi) is 4.64. The molecule has 1 saturated heterocycles. The van der Waals surface area contributed by atoms with Gasteiger partial charge < -0.3 is 19.9 Å². The van der Waals surface area contributed by atoms with Crippen molar-refractivity contribution in [2.75, 3.05) is 32.9 Å². The second kappa shape index (κ2) is 6.48. The molecule has 2 N–H and O–H groups in total. The second-order valence-electron chi connectivity index (χ2n) is 5.71. The van der Waals surface area contributed by atoms with Crippen LogP contribution in [0.4, 0.5) is 0 Å². The van der Waals surface area contributed by atoms with Crippen LogP contribution in [0.5, 0.6) is 5.75 Å². The first-order valence-corrected chi connectivity index (χ1v) is 8.07. The molecule has 2 heterocycles. The predicted molar refractivity (Wildman–Crippen MR) is 85.5 cm³/mol. The predicted octanol–water partition coefficient (Wildman–Crippen LogP) is 2.36. The quantitative estimate of drug-likeness (QED) is 0.872. The summed E-state index contributed by atoms with van der Waals surface area (Å²) in [6, 6.07) is 6.02. The van der Waals surface area contributed by atoms with Gasteiger partial charge in [-0.25, -0.2) is 0 Å². The smallest absolute Gasteiger partial charge is 0.127 e. The van der Waals surface area contributed by atoms with Gasteiger partial charge in [0.2, 0.25) is 0 Å². The van der Waals surface area contributed by atoms with Crippen molar-refractivity contribution in [3.05, 3.63) is 33.8 Å². The molecular formula is C16H20BrNO3. The third kappa shape index (κ3) is 3.86. The van der Waals surface area contributed by atoms with Crippen molar-refractivity contribution in [3.8, 4) is 5.75 Å². The van der Waals surface area contributed by atoms with Crippen molar-refractivity contribution in [2.24, 2.45) is 0 Å². The van der Waals surface area contributed by atoms with Gasteiger partial charge in [0.1, 0.15) is 12.4 Å². The Hall–Kier alpha value is -0.880. The van der Waals surface area contributed by atoms with Crippen LogP contribution in [0.2, 0.25) is 0 Å². The van der Waals surface area contributed by atoms with E-state index in [9.17, 15) is 5.11 Å². The molecule has 5 heteroatoms. The van der Waals surface area contributed by atoms with E-state index in [0.717, 1.165) is 22.3 Å². The molecule has 0 radical (unpaired) electrons. The average Bonchev–Trinajstić information content (AvgIpc) is 2.47. The number of rotatable bonds is 4. The van der Waals surface area contributed by atoms with E-state index in [0.29, 0.717) is 39.2 Å². The number of halogens is 1. The summed E-state index contributed by atoms with van der Waals surface area (Å²) in [5.41, 5.74) is 1.66. The van der Waals surface area contributed by atoms with Gasteiger partial charge >= 0.3 is 0 Å². The third-order valence-corrected chi connectivity index (χ3v) is 4.47. The summed E-state index contributed by atoms with van der Waals surface area (Å²) < 4.78 is 12.1. The molecule has 0 bridgehead atoms. The van der Waals surface area contributed by atoms with Crippen molar-refractivity contribution >= 4 is 22.0 Å². The van der Waals surface area contributed by atoms with Crippen molar-refractivity contribution in [3.63, 3.8) is 0 Å². The first-order valence-electron chi connectivity index (χ1n) is 7.27. The molecule has 114 valence electrons. The summed E-state index contributed by atoms with van der Waals surface area (Å²) in [5, 5.41) is 13.7. The molecule has 2 aliphatic heterocycles. The highest BCUT2D eigenvalue weighted by Crippen LogP contribution is 2.29. The molecule has 3 rings (SSSR count). The van der Waals surface area contributed by atoms with E-state index >= 15 is 0 Å². The van der Waals surface area contributed by atoms with Gasteiger partial charge in [-0.2, -0.15) is 0 Å². The maximum atomic E-state index is 10.4. The van der Waals surface area contributed by atoms with Crippen LogP contribution in [0.15, 0.2) is 28.2 Å². The van der Waals surface area contributed by atoms with E-state index in [-0.39, 0.29) is 0 Å². The molecule has 0 aliphatic carbocycles. The number of fused-ring (bicyclic) bond motifs is 1. The molecule has 1 fully saturated rings. The van der Waals surface area contributed by atoms with Gasteiger partial charge in [0.25, 0.3) is 0 Å². The topological polar surface area (TPSA) is 50.7 Å². The zero-order valence-electron chi connectivity index (χ0n) is 11.9. The molecule has 0 aromatic heterocycles. The van der Waals surface area contributed by atoms with E-state index in [1.54, 1.807) is 0 Å². The fraction of sp³-hybridized carbons (Fsp3) is 0.500. The first kappa shape index (κ1) is 15.0. The molecular weight excluding hydrogens is 334 g/mol. The number of ether oxygens (including phenoxy) is 2. The third-order valence-electron chi connectivity index (χ3n) is 3.97. The summed E-state index contributed by atoms with van der Waals surface area (Å²) in [6.07, 6.45) is 3.56. The lowest BCUT2D eigenvalue weighted by atomic mass is 9.94. The summed E-state index contributed by atoms with van der Waals surface area (Å²) in [6.45, 7) is 3.22. The van der Waals surface area contributed by atoms with Crippen LogP contribution in [-0.2, 0) is 4.74 Å². The van der Waals surface area contributed by atoms with E-state index in [2.05, 4.69) is 33.4 Å². The minimum Gasteiger partial charge on any atom is -0.489 e. The lowest BCUT2D eigenvalue weighted by Crippen LogP contribution is -2.45. The highest BCUT2D eigenvalue weighted by molar-refractivity contribution is 9.10. The van der Waals surface area contributed by atoms with Crippen molar-refractivity contribution in [1.82, 2.24) is 5.32 Å². The molecule has 4 nitrogen and oxygen atoms in total. The van der Waals surface area contributed by atoms with Crippen molar-refractivity contribution in [1.29, 1.82) is 0 Å². The molecule has 0 amide bonds. The molecule has 1 aromatic rings. The Morgan fingerprint density at radius 2 is 2.10 bits per heavy atom. The summed E-state index contributed by atoms with van der Waals surface area (Å²) in [4.78, 5) is 0. The Bertz CT molecular complexity index is 538. The van der Waals surface area contributed by atoms with E-state index in [1.807, 2.05) is 12.1 Å². The number of hydrogen-bond donors (Lipinski definition) is 2. The molecule has 0 saturated carbocycles. The molecule has 0 atom stereocenters. The Morgan fingerprint density at radius 3 is 2.90 bits per heavy atom. The second-order valence-corrected chi connectivity index (χ2v) is 6.63.